The van der Waals surface area contributed by atoms with E-state index in [-0.39, 0.29) is 16.7 Å². The Balaban J connectivity index is 1.64. The van der Waals surface area contributed by atoms with Gasteiger partial charge in [-0.1, -0.05) is 19.1 Å². The fraction of sp³-hybridized carbons (Fsp3) is 0.471. The average molecular weight is 334 g/mol. The van der Waals surface area contributed by atoms with Crippen LogP contribution in [0, 0.1) is 17.8 Å². The summed E-state index contributed by atoms with van der Waals surface area (Å²) in [4.78, 5) is 12.6. The van der Waals surface area contributed by atoms with E-state index in [1.807, 2.05) is 6.92 Å². The summed E-state index contributed by atoms with van der Waals surface area (Å²) < 4.78 is 26.6. The van der Waals surface area contributed by atoms with Crippen molar-refractivity contribution in [2.24, 2.45) is 17.8 Å². The molecule has 1 amide bonds. The second-order valence-corrected chi connectivity index (χ2v) is 8.07. The van der Waals surface area contributed by atoms with Crippen LogP contribution >= 0.6 is 0 Å². The molecule has 23 heavy (non-hydrogen) atoms. The summed E-state index contributed by atoms with van der Waals surface area (Å²) in [6, 6.07) is 6.32. The first kappa shape index (κ1) is 16.2. The van der Waals surface area contributed by atoms with Crippen LogP contribution in [0.15, 0.2) is 41.3 Å². The minimum atomic E-state index is -3.46. The van der Waals surface area contributed by atoms with E-state index in [1.165, 1.54) is 12.1 Å². The summed E-state index contributed by atoms with van der Waals surface area (Å²) in [5.74, 6) is 0.979. The highest BCUT2D eigenvalue weighted by Crippen LogP contribution is 2.43. The Morgan fingerprint density at radius 1 is 1.17 bits per heavy atom. The molecular weight excluding hydrogens is 312 g/mol. The van der Waals surface area contributed by atoms with Gasteiger partial charge in [0.2, 0.25) is 15.9 Å². The lowest BCUT2D eigenvalue weighted by Crippen LogP contribution is -2.26. The molecule has 3 rings (SSSR count). The third kappa shape index (κ3) is 3.48. The lowest BCUT2D eigenvalue weighted by Gasteiger charge is -2.17. The quantitative estimate of drug-likeness (QED) is 0.785. The van der Waals surface area contributed by atoms with E-state index in [1.54, 1.807) is 12.1 Å². The van der Waals surface area contributed by atoms with Crippen molar-refractivity contribution < 1.29 is 13.2 Å². The Kier molecular flexibility index (Phi) is 4.55. The number of anilines is 1. The summed E-state index contributed by atoms with van der Waals surface area (Å²) in [6.45, 7) is 2.32. The fourth-order valence-corrected chi connectivity index (χ4v) is 4.49. The molecule has 0 unspecified atom stereocenters. The van der Waals surface area contributed by atoms with Crippen molar-refractivity contribution in [3.05, 3.63) is 36.4 Å². The molecule has 124 valence electrons. The van der Waals surface area contributed by atoms with Gasteiger partial charge in [0.25, 0.3) is 0 Å². The Hall–Kier alpha value is -1.66. The van der Waals surface area contributed by atoms with Crippen LogP contribution in [0.25, 0.3) is 0 Å². The number of carbonyl (C=O) groups excluding carboxylic acids is 1. The van der Waals surface area contributed by atoms with Crippen molar-refractivity contribution in [2.45, 2.75) is 31.1 Å². The van der Waals surface area contributed by atoms with E-state index in [2.05, 4.69) is 22.2 Å². The van der Waals surface area contributed by atoms with Crippen LogP contribution in [0.3, 0.4) is 0 Å². The van der Waals surface area contributed by atoms with Crippen LogP contribution in [0.1, 0.15) is 26.2 Å². The van der Waals surface area contributed by atoms with Gasteiger partial charge in [0.15, 0.2) is 0 Å². The number of allylic oxidation sites excluding steroid dienone is 2. The predicted octanol–water partition coefficient (Wildman–Crippen LogP) is 2.53. The normalized spacial score (nSPS) is 25.7. The first-order chi connectivity index (χ1) is 11.0. The highest BCUT2D eigenvalue weighted by atomic mass is 32.2. The van der Waals surface area contributed by atoms with Gasteiger partial charge in [0, 0.05) is 18.2 Å². The lowest BCUT2D eigenvalue weighted by atomic mass is 9.93. The van der Waals surface area contributed by atoms with Gasteiger partial charge >= 0.3 is 0 Å². The molecule has 0 heterocycles. The minimum Gasteiger partial charge on any atom is -0.326 e. The van der Waals surface area contributed by atoms with Gasteiger partial charge in [0.05, 0.1) is 4.90 Å². The monoisotopic (exact) mass is 334 g/mol. The van der Waals surface area contributed by atoms with Crippen molar-refractivity contribution >= 4 is 21.6 Å². The molecule has 1 aromatic carbocycles. The summed E-state index contributed by atoms with van der Waals surface area (Å²) in [5.41, 5.74) is 0.635. The maximum absolute atomic E-state index is 12.4. The van der Waals surface area contributed by atoms with Crippen LogP contribution in [0.2, 0.25) is 0 Å². The van der Waals surface area contributed by atoms with Crippen molar-refractivity contribution in [3.63, 3.8) is 0 Å². The number of hydrogen-bond donors (Lipinski definition) is 2. The molecule has 1 aromatic rings. The molecule has 0 saturated heterocycles. The molecule has 0 aliphatic heterocycles. The largest absolute Gasteiger partial charge is 0.326 e. The standard InChI is InChI=1S/C17H22N2O3S/c1-2-9-18-23(21,22)15-7-5-14(6-8-15)19-17(20)16-11-12-3-4-13(16)10-12/h3-8,12-13,16,18H,2,9-11H2,1H3,(H,19,20)/t12-,13-,16-/m0/s1. The van der Waals surface area contributed by atoms with Crippen LogP contribution in [-0.2, 0) is 14.8 Å². The van der Waals surface area contributed by atoms with E-state index in [4.69, 9.17) is 0 Å². The zero-order valence-electron chi connectivity index (χ0n) is 13.2. The predicted molar refractivity (Wildman–Crippen MR) is 89.4 cm³/mol. The SMILES string of the molecule is CCCNS(=O)(=O)c1ccc(NC(=O)[C@H]2C[C@H]3C=C[C@H]2C3)cc1. The first-order valence-electron chi connectivity index (χ1n) is 8.08. The molecule has 2 N–H and O–H groups in total. The molecule has 5 nitrogen and oxygen atoms in total. The fourth-order valence-electron chi connectivity index (χ4n) is 3.35. The van der Waals surface area contributed by atoms with Crippen molar-refractivity contribution in [1.82, 2.24) is 4.72 Å². The molecule has 1 saturated carbocycles. The summed E-state index contributed by atoms with van der Waals surface area (Å²) in [5, 5.41) is 2.90. The zero-order chi connectivity index (χ0) is 16.4. The van der Waals surface area contributed by atoms with E-state index in [9.17, 15) is 13.2 Å². The van der Waals surface area contributed by atoms with Gasteiger partial charge in [-0.3, -0.25) is 4.79 Å². The van der Waals surface area contributed by atoms with E-state index in [0.29, 0.717) is 24.1 Å². The number of hydrogen-bond acceptors (Lipinski definition) is 3. The van der Waals surface area contributed by atoms with Gasteiger partial charge in [-0.05, 0) is 55.4 Å². The van der Waals surface area contributed by atoms with Crippen molar-refractivity contribution in [3.8, 4) is 0 Å². The van der Waals surface area contributed by atoms with Crippen LogP contribution in [-0.4, -0.2) is 20.9 Å². The molecule has 2 aliphatic rings. The van der Waals surface area contributed by atoms with E-state index in [0.717, 1.165) is 19.3 Å². The van der Waals surface area contributed by atoms with Gasteiger partial charge in [-0.2, -0.15) is 0 Å². The summed E-state index contributed by atoms with van der Waals surface area (Å²) >= 11 is 0. The molecule has 3 atom stereocenters. The van der Waals surface area contributed by atoms with Crippen LogP contribution in [0.4, 0.5) is 5.69 Å². The topological polar surface area (TPSA) is 75.3 Å². The first-order valence-corrected chi connectivity index (χ1v) is 9.57. The molecular formula is C17H22N2O3S. The van der Waals surface area contributed by atoms with Crippen molar-refractivity contribution in [1.29, 1.82) is 0 Å². The maximum Gasteiger partial charge on any atom is 0.240 e. The summed E-state index contributed by atoms with van der Waals surface area (Å²) in [6.07, 6.45) is 7.09. The number of nitrogens with one attached hydrogen (secondary N) is 2. The zero-order valence-corrected chi connectivity index (χ0v) is 14.0. The molecule has 0 spiro atoms. The molecule has 2 aliphatic carbocycles. The highest BCUT2D eigenvalue weighted by Gasteiger charge is 2.39. The van der Waals surface area contributed by atoms with Crippen molar-refractivity contribution in [2.75, 3.05) is 11.9 Å². The number of carbonyl (C=O) groups is 1. The smallest absolute Gasteiger partial charge is 0.240 e. The summed E-state index contributed by atoms with van der Waals surface area (Å²) in [7, 11) is -3.46. The van der Waals surface area contributed by atoms with Gasteiger partial charge in [-0.15, -0.1) is 0 Å². The third-order valence-electron chi connectivity index (χ3n) is 4.59. The average Bonchev–Trinajstić information content (AvgIpc) is 3.16. The van der Waals surface area contributed by atoms with Crippen LogP contribution in [0.5, 0.6) is 0 Å². The number of rotatable bonds is 6. The third-order valence-corrected chi connectivity index (χ3v) is 6.07. The Labute approximate surface area is 137 Å². The van der Waals surface area contributed by atoms with Gasteiger partial charge < -0.3 is 5.32 Å². The Bertz CT molecular complexity index is 710. The maximum atomic E-state index is 12.4. The molecule has 6 heteroatoms. The van der Waals surface area contributed by atoms with Gasteiger partial charge in [-0.25, -0.2) is 13.1 Å². The number of benzene rings is 1. The van der Waals surface area contributed by atoms with E-state index < -0.39 is 10.0 Å². The highest BCUT2D eigenvalue weighted by molar-refractivity contribution is 7.89. The Morgan fingerprint density at radius 3 is 2.48 bits per heavy atom. The second-order valence-electron chi connectivity index (χ2n) is 6.30. The Morgan fingerprint density at radius 2 is 1.91 bits per heavy atom. The minimum absolute atomic E-state index is 0.0292. The lowest BCUT2D eigenvalue weighted by molar-refractivity contribution is -0.120. The molecule has 0 radical (unpaired) electrons. The van der Waals surface area contributed by atoms with Gasteiger partial charge in [0.1, 0.15) is 0 Å². The van der Waals surface area contributed by atoms with E-state index >= 15 is 0 Å². The number of fused-ring (bicyclic) bond motifs is 2. The number of sulfonamides is 1. The molecule has 0 aromatic heterocycles. The molecule has 2 bridgehead atoms. The molecule has 1 fully saturated rings. The second kappa shape index (κ2) is 6.45. The number of amides is 1. The van der Waals surface area contributed by atoms with Crippen LogP contribution < -0.4 is 10.0 Å².